The summed E-state index contributed by atoms with van der Waals surface area (Å²) in [7, 11) is 1.35. The highest BCUT2D eigenvalue weighted by molar-refractivity contribution is 9.12. The zero-order chi connectivity index (χ0) is 8.85. The molecule has 0 rings (SSSR count). The van der Waals surface area contributed by atoms with Gasteiger partial charge in [0.05, 0.1) is 12.7 Å². The number of methoxy groups -OCH3 is 1. The molecule has 0 saturated carbocycles. The van der Waals surface area contributed by atoms with Crippen LogP contribution in [0.5, 0.6) is 0 Å². The minimum absolute atomic E-state index is 0.353. The van der Waals surface area contributed by atoms with E-state index in [0.29, 0.717) is 10.1 Å². The maximum Gasteiger partial charge on any atom is 0.338 e. The second-order valence-electron chi connectivity index (χ2n) is 1.92. The summed E-state index contributed by atoms with van der Waals surface area (Å²) in [5.41, 5.74) is 0.495. The SMILES string of the molecule is C=C(Br)/C(=C\CC)C(=O)OC. The van der Waals surface area contributed by atoms with Gasteiger partial charge in [0.25, 0.3) is 0 Å². The smallest absolute Gasteiger partial charge is 0.338 e. The van der Waals surface area contributed by atoms with Crippen LogP contribution in [0.3, 0.4) is 0 Å². The molecule has 0 aromatic heterocycles. The molecule has 0 radical (unpaired) electrons. The summed E-state index contributed by atoms with van der Waals surface area (Å²) in [4.78, 5) is 11.0. The summed E-state index contributed by atoms with van der Waals surface area (Å²) >= 11 is 3.12. The van der Waals surface area contributed by atoms with Crippen LogP contribution in [0.2, 0.25) is 0 Å². The number of hydrogen-bond acceptors (Lipinski definition) is 2. The molecular formula is C8H11BrO2. The van der Waals surface area contributed by atoms with Gasteiger partial charge in [0.15, 0.2) is 0 Å². The standard InChI is InChI=1S/C8H11BrO2/c1-4-5-7(6(2)9)8(10)11-3/h5H,2,4H2,1,3H3/b7-5+. The normalized spacial score (nSPS) is 11.0. The van der Waals surface area contributed by atoms with Crippen molar-refractivity contribution in [3.05, 3.63) is 22.7 Å². The Kier molecular flexibility index (Phi) is 4.86. The molecule has 0 aliphatic heterocycles. The van der Waals surface area contributed by atoms with Crippen molar-refractivity contribution < 1.29 is 9.53 Å². The third kappa shape index (κ3) is 3.37. The first-order chi connectivity index (χ1) is 5.13. The van der Waals surface area contributed by atoms with Gasteiger partial charge < -0.3 is 4.74 Å². The highest BCUT2D eigenvalue weighted by atomic mass is 79.9. The molecule has 0 bridgehead atoms. The molecule has 62 valence electrons. The molecule has 0 amide bonds. The van der Waals surface area contributed by atoms with Crippen molar-refractivity contribution >= 4 is 21.9 Å². The fourth-order valence-electron chi connectivity index (χ4n) is 0.619. The molecule has 0 aromatic carbocycles. The van der Waals surface area contributed by atoms with Crippen molar-refractivity contribution in [2.24, 2.45) is 0 Å². The Morgan fingerprint density at radius 2 is 2.27 bits per heavy atom. The topological polar surface area (TPSA) is 26.3 Å². The van der Waals surface area contributed by atoms with Crippen molar-refractivity contribution in [3.63, 3.8) is 0 Å². The van der Waals surface area contributed by atoms with Gasteiger partial charge in [-0.3, -0.25) is 0 Å². The van der Waals surface area contributed by atoms with Crippen molar-refractivity contribution in [1.82, 2.24) is 0 Å². The molecular weight excluding hydrogens is 208 g/mol. The first kappa shape index (κ1) is 10.4. The Balaban J connectivity index is 4.48. The Morgan fingerprint density at radius 1 is 1.73 bits per heavy atom. The summed E-state index contributed by atoms with van der Waals surface area (Å²) in [6.45, 7) is 5.53. The molecule has 0 aliphatic carbocycles. The lowest BCUT2D eigenvalue weighted by atomic mass is 10.2. The third-order valence-corrected chi connectivity index (χ3v) is 1.53. The van der Waals surface area contributed by atoms with Gasteiger partial charge in [-0.15, -0.1) is 0 Å². The maximum atomic E-state index is 11.0. The second kappa shape index (κ2) is 5.13. The van der Waals surface area contributed by atoms with E-state index >= 15 is 0 Å². The number of carbonyl (C=O) groups is 1. The molecule has 0 heterocycles. The molecule has 0 N–H and O–H groups in total. The molecule has 3 heteroatoms. The van der Waals surface area contributed by atoms with Crippen LogP contribution in [0.1, 0.15) is 13.3 Å². The van der Waals surface area contributed by atoms with Gasteiger partial charge in [-0.05, 0) is 6.42 Å². The molecule has 0 saturated heterocycles. The lowest BCUT2D eigenvalue weighted by Crippen LogP contribution is -2.04. The van der Waals surface area contributed by atoms with Crippen LogP contribution in [0.15, 0.2) is 22.7 Å². The summed E-state index contributed by atoms with van der Waals surface area (Å²) in [6, 6.07) is 0. The third-order valence-electron chi connectivity index (χ3n) is 1.11. The molecule has 0 aliphatic rings. The Bertz CT molecular complexity index is 194. The number of esters is 1. The minimum atomic E-state index is -0.353. The zero-order valence-corrected chi connectivity index (χ0v) is 8.27. The maximum absolute atomic E-state index is 11.0. The fraction of sp³-hybridized carbons (Fsp3) is 0.375. The monoisotopic (exact) mass is 218 g/mol. The largest absolute Gasteiger partial charge is 0.465 e. The van der Waals surface area contributed by atoms with Crippen molar-refractivity contribution in [1.29, 1.82) is 0 Å². The van der Waals surface area contributed by atoms with Gasteiger partial charge in [0.2, 0.25) is 0 Å². The lowest BCUT2D eigenvalue weighted by molar-refractivity contribution is -0.135. The number of ether oxygens (including phenoxy) is 1. The minimum Gasteiger partial charge on any atom is -0.465 e. The van der Waals surface area contributed by atoms with E-state index in [0.717, 1.165) is 6.42 Å². The van der Waals surface area contributed by atoms with Crippen LogP contribution in [-0.2, 0) is 9.53 Å². The lowest BCUT2D eigenvalue weighted by Gasteiger charge is -2.01. The van der Waals surface area contributed by atoms with Gasteiger partial charge in [0.1, 0.15) is 0 Å². The van der Waals surface area contributed by atoms with E-state index in [2.05, 4.69) is 27.2 Å². The first-order valence-corrected chi connectivity index (χ1v) is 4.06. The summed E-state index contributed by atoms with van der Waals surface area (Å²) in [5.74, 6) is -0.353. The number of rotatable bonds is 3. The van der Waals surface area contributed by atoms with Crippen LogP contribution in [-0.4, -0.2) is 13.1 Å². The molecule has 0 atom stereocenters. The molecule has 0 unspecified atom stereocenters. The number of carbonyl (C=O) groups excluding carboxylic acids is 1. The van der Waals surface area contributed by atoms with Crippen LogP contribution in [0.4, 0.5) is 0 Å². The highest BCUT2D eigenvalue weighted by Gasteiger charge is 2.09. The van der Waals surface area contributed by atoms with Gasteiger partial charge in [-0.25, -0.2) is 4.79 Å². The van der Waals surface area contributed by atoms with E-state index < -0.39 is 0 Å². The van der Waals surface area contributed by atoms with E-state index in [1.165, 1.54) is 7.11 Å². The fourth-order valence-corrected chi connectivity index (χ4v) is 0.943. The quantitative estimate of drug-likeness (QED) is 0.414. The average molecular weight is 219 g/mol. The van der Waals surface area contributed by atoms with Crippen molar-refractivity contribution in [3.8, 4) is 0 Å². The summed E-state index contributed by atoms with van der Waals surface area (Å²) in [6.07, 6.45) is 2.55. The van der Waals surface area contributed by atoms with Crippen molar-refractivity contribution in [2.45, 2.75) is 13.3 Å². The van der Waals surface area contributed by atoms with E-state index in [1.54, 1.807) is 6.08 Å². The molecule has 0 aromatic rings. The number of hydrogen-bond donors (Lipinski definition) is 0. The van der Waals surface area contributed by atoms with Gasteiger partial charge in [-0.1, -0.05) is 35.5 Å². The molecule has 11 heavy (non-hydrogen) atoms. The van der Waals surface area contributed by atoms with E-state index in [1.807, 2.05) is 6.92 Å². The van der Waals surface area contributed by atoms with Gasteiger partial charge in [-0.2, -0.15) is 0 Å². The van der Waals surface area contributed by atoms with Crippen LogP contribution < -0.4 is 0 Å². The predicted octanol–water partition coefficient (Wildman–Crippen LogP) is 2.40. The summed E-state index contributed by atoms with van der Waals surface area (Å²) < 4.78 is 5.09. The predicted molar refractivity (Wildman–Crippen MR) is 48.5 cm³/mol. The average Bonchev–Trinajstić information content (AvgIpc) is 1.98. The van der Waals surface area contributed by atoms with Crippen LogP contribution in [0.25, 0.3) is 0 Å². The number of halogens is 1. The van der Waals surface area contributed by atoms with E-state index in [4.69, 9.17) is 0 Å². The van der Waals surface area contributed by atoms with Crippen LogP contribution in [0, 0.1) is 0 Å². The van der Waals surface area contributed by atoms with E-state index in [9.17, 15) is 4.79 Å². The zero-order valence-electron chi connectivity index (χ0n) is 6.69. The van der Waals surface area contributed by atoms with Crippen molar-refractivity contribution in [2.75, 3.05) is 7.11 Å². The first-order valence-electron chi connectivity index (χ1n) is 3.26. The van der Waals surface area contributed by atoms with Gasteiger partial charge >= 0.3 is 5.97 Å². The Morgan fingerprint density at radius 3 is 2.55 bits per heavy atom. The Labute approximate surface area is 75.1 Å². The van der Waals surface area contributed by atoms with E-state index in [-0.39, 0.29) is 5.97 Å². The second-order valence-corrected chi connectivity index (χ2v) is 2.88. The van der Waals surface area contributed by atoms with Crippen LogP contribution >= 0.6 is 15.9 Å². The highest BCUT2D eigenvalue weighted by Crippen LogP contribution is 2.16. The van der Waals surface area contributed by atoms with Gasteiger partial charge in [0, 0.05) is 4.48 Å². The molecule has 0 spiro atoms. The summed E-state index contributed by atoms with van der Waals surface area (Å²) in [5, 5.41) is 0. The molecule has 2 nitrogen and oxygen atoms in total. The Hall–Kier alpha value is -0.570. The number of allylic oxidation sites excluding steroid dienone is 1. The molecule has 0 fully saturated rings.